The Labute approximate surface area is 82.7 Å². The van der Waals surface area contributed by atoms with Gasteiger partial charge in [-0.25, -0.2) is 0 Å². The van der Waals surface area contributed by atoms with Crippen molar-refractivity contribution >= 4 is 22.6 Å². The molecule has 3 atom stereocenters. The van der Waals surface area contributed by atoms with E-state index in [1.54, 1.807) is 0 Å². The van der Waals surface area contributed by atoms with Gasteiger partial charge in [0.25, 0.3) is 0 Å². The van der Waals surface area contributed by atoms with Crippen molar-refractivity contribution in [3.63, 3.8) is 0 Å². The van der Waals surface area contributed by atoms with Crippen molar-refractivity contribution in [2.45, 2.75) is 25.3 Å². The van der Waals surface area contributed by atoms with Crippen LogP contribution in [0.3, 0.4) is 0 Å². The average molecular weight is 265 g/mol. The number of hydrogen-bond acceptors (Lipinski definition) is 1. The van der Waals surface area contributed by atoms with E-state index in [1.807, 2.05) is 0 Å². The molecule has 0 N–H and O–H groups in total. The quantitative estimate of drug-likeness (QED) is 0.546. The van der Waals surface area contributed by atoms with Gasteiger partial charge in [0.15, 0.2) is 0 Å². The summed E-state index contributed by atoms with van der Waals surface area (Å²) >= 11 is 2.53. The van der Waals surface area contributed by atoms with Crippen LogP contribution >= 0.6 is 22.6 Å². The Morgan fingerprint density at radius 1 is 1.55 bits per heavy atom. The molecule has 0 bridgehead atoms. The van der Waals surface area contributed by atoms with Crippen LogP contribution in [0.5, 0.6) is 0 Å². The minimum absolute atomic E-state index is 0.953. The molecule has 2 fully saturated rings. The van der Waals surface area contributed by atoms with Crippen molar-refractivity contribution in [1.82, 2.24) is 4.90 Å². The van der Waals surface area contributed by atoms with Gasteiger partial charge in [0.2, 0.25) is 0 Å². The fraction of sp³-hybridized carbons (Fsp3) is 1.00. The van der Waals surface area contributed by atoms with E-state index in [1.165, 1.54) is 30.2 Å². The molecule has 2 rings (SSSR count). The lowest BCUT2D eigenvalue weighted by atomic mass is 10.1. The molecule has 3 unspecified atom stereocenters. The van der Waals surface area contributed by atoms with Crippen LogP contribution in [-0.4, -0.2) is 29.0 Å². The topological polar surface area (TPSA) is 3.24 Å². The number of hydrogen-bond donors (Lipinski definition) is 0. The zero-order chi connectivity index (χ0) is 7.84. The second kappa shape index (κ2) is 3.21. The SMILES string of the molecule is CN1CCCC1C1CC1CI. The Kier molecular flexibility index (Phi) is 2.42. The highest BCUT2D eigenvalue weighted by Gasteiger charge is 2.44. The summed E-state index contributed by atoms with van der Waals surface area (Å²) in [6, 6.07) is 0.953. The van der Waals surface area contributed by atoms with Crippen LogP contribution in [0.1, 0.15) is 19.3 Å². The maximum absolute atomic E-state index is 2.57. The fourth-order valence-corrected chi connectivity index (χ4v) is 3.41. The highest BCUT2D eigenvalue weighted by Crippen LogP contribution is 2.46. The van der Waals surface area contributed by atoms with Gasteiger partial charge in [-0.3, -0.25) is 0 Å². The number of halogens is 1. The van der Waals surface area contributed by atoms with Crippen molar-refractivity contribution in [3.8, 4) is 0 Å². The highest BCUT2D eigenvalue weighted by atomic mass is 127. The normalized spacial score (nSPS) is 44.7. The van der Waals surface area contributed by atoms with Crippen molar-refractivity contribution in [3.05, 3.63) is 0 Å². The summed E-state index contributed by atoms with van der Waals surface area (Å²) < 4.78 is 1.38. The van der Waals surface area contributed by atoms with E-state index in [0.717, 1.165) is 17.9 Å². The first-order chi connectivity index (χ1) is 5.33. The van der Waals surface area contributed by atoms with Crippen LogP contribution in [0.2, 0.25) is 0 Å². The summed E-state index contributed by atoms with van der Waals surface area (Å²) in [7, 11) is 2.29. The van der Waals surface area contributed by atoms with E-state index in [4.69, 9.17) is 0 Å². The minimum atomic E-state index is 0.953. The monoisotopic (exact) mass is 265 g/mol. The Hall–Kier alpha value is 0.690. The molecule has 0 aromatic heterocycles. The van der Waals surface area contributed by atoms with Crippen LogP contribution < -0.4 is 0 Å². The van der Waals surface area contributed by atoms with E-state index >= 15 is 0 Å². The zero-order valence-corrected chi connectivity index (χ0v) is 9.25. The van der Waals surface area contributed by atoms with Crippen molar-refractivity contribution < 1.29 is 0 Å². The highest BCUT2D eigenvalue weighted by molar-refractivity contribution is 14.1. The fourth-order valence-electron chi connectivity index (χ4n) is 2.40. The predicted octanol–water partition coefficient (Wildman–Crippen LogP) is 2.15. The lowest BCUT2D eigenvalue weighted by Gasteiger charge is -2.18. The molecule has 0 aromatic carbocycles. The van der Waals surface area contributed by atoms with Crippen LogP contribution in [0, 0.1) is 11.8 Å². The van der Waals surface area contributed by atoms with E-state index in [9.17, 15) is 0 Å². The molecule has 2 aliphatic rings. The Balaban J connectivity index is 1.86. The summed E-state index contributed by atoms with van der Waals surface area (Å²) in [6.45, 7) is 1.34. The number of nitrogens with zero attached hydrogens (tertiary/aromatic N) is 1. The van der Waals surface area contributed by atoms with Gasteiger partial charge in [-0.15, -0.1) is 0 Å². The van der Waals surface area contributed by atoms with Crippen molar-refractivity contribution in [2.24, 2.45) is 11.8 Å². The van der Waals surface area contributed by atoms with Crippen LogP contribution in [0.15, 0.2) is 0 Å². The van der Waals surface area contributed by atoms with Gasteiger partial charge < -0.3 is 4.90 Å². The first kappa shape index (κ1) is 8.30. The molecule has 2 heteroatoms. The Morgan fingerprint density at radius 3 is 2.82 bits per heavy atom. The van der Waals surface area contributed by atoms with E-state index in [-0.39, 0.29) is 0 Å². The summed E-state index contributed by atoms with van der Waals surface area (Å²) in [5, 5.41) is 0. The summed E-state index contributed by atoms with van der Waals surface area (Å²) in [5.74, 6) is 2.14. The maximum atomic E-state index is 2.57. The van der Waals surface area contributed by atoms with Crippen LogP contribution in [-0.2, 0) is 0 Å². The van der Waals surface area contributed by atoms with Gasteiger partial charge in [0.1, 0.15) is 0 Å². The molecule has 1 nitrogen and oxygen atoms in total. The summed E-state index contributed by atoms with van der Waals surface area (Å²) in [6.07, 6.45) is 4.41. The standard InChI is InChI=1S/C9H16IN/c1-11-4-2-3-9(11)8-5-7(8)6-10/h7-9H,2-6H2,1H3. The second-order valence-electron chi connectivity index (χ2n) is 4.00. The molecular weight excluding hydrogens is 249 g/mol. The van der Waals surface area contributed by atoms with Gasteiger partial charge in [-0.2, -0.15) is 0 Å². The third kappa shape index (κ3) is 1.57. The molecule has 1 aliphatic heterocycles. The Bertz CT molecular complexity index is 148. The third-order valence-electron chi connectivity index (χ3n) is 3.25. The molecule has 11 heavy (non-hydrogen) atoms. The summed E-state index contributed by atoms with van der Waals surface area (Å²) in [5.41, 5.74) is 0. The third-order valence-corrected chi connectivity index (χ3v) is 4.38. The minimum Gasteiger partial charge on any atom is -0.303 e. The molecule has 0 aromatic rings. The molecular formula is C9H16IN. The van der Waals surface area contributed by atoms with E-state index < -0.39 is 0 Å². The number of alkyl halides is 1. The summed E-state index contributed by atoms with van der Waals surface area (Å²) in [4.78, 5) is 2.57. The molecule has 1 heterocycles. The first-order valence-electron chi connectivity index (χ1n) is 4.59. The average Bonchev–Trinajstić information content (AvgIpc) is 2.68. The first-order valence-corrected chi connectivity index (χ1v) is 6.11. The Morgan fingerprint density at radius 2 is 2.36 bits per heavy atom. The lowest BCUT2D eigenvalue weighted by Crippen LogP contribution is -2.27. The largest absolute Gasteiger partial charge is 0.303 e. The molecule has 0 radical (unpaired) electrons. The predicted molar refractivity (Wildman–Crippen MR) is 56.1 cm³/mol. The maximum Gasteiger partial charge on any atom is 0.0124 e. The number of rotatable bonds is 2. The van der Waals surface area contributed by atoms with Crippen LogP contribution in [0.4, 0.5) is 0 Å². The molecule has 0 spiro atoms. The molecule has 1 aliphatic carbocycles. The smallest absolute Gasteiger partial charge is 0.0124 e. The van der Waals surface area contributed by atoms with Gasteiger partial charge in [0, 0.05) is 10.5 Å². The van der Waals surface area contributed by atoms with E-state index in [0.29, 0.717) is 0 Å². The number of likely N-dealkylation sites (tertiary alicyclic amines) is 1. The van der Waals surface area contributed by atoms with Crippen molar-refractivity contribution in [2.75, 3.05) is 18.0 Å². The van der Waals surface area contributed by atoms with Gasteiger partial charge >= 0.3 is 0 Å². The van der Waals surface area contributed by atoms with Gasteiger partial charge in [-0.05, 0) is 44.7 Å². The second-order valence-corrected chi connectivity index (χ2v) is 4.88. The van der Waals surface area contributed by atoms with Crippen molar-refractivity contribution in [1.29, 1.82) is 0 Å². The van der Waals surface area contributed by atoms with E-state index in [2.05, 4.69) is 34.5 Å². The molecule has 64 valence electrons. The van der Waals surface area contributed by atoms with Crippen LogP contribution in [0.25, 0.3) is 0 Å². The molecule has 1 saturated carbocycles. The van der Waals surface area contributed by atoms with Gasteiger partial charge in [0.05, 0.1) is 0 Å². The lowest BCUT2D eigenvalue weighted by molar-refractivity contribution is 0.276. The zero-order valence-electron chi connectivity index (χ0n) is 7.09. The van der Waals surface area contributed by atoms with Gasteiger partial charge in [-0.1, -0.05) is 22.6 Å². The molecule has 0 amide bonds. The molecule has 1 saturated heterocycles.